The Balaban J connectivity index is 2.19. The van der Waals surface area contributed by atoms with E-state index in [1.807, 2.05) is 20.8 Å². The smallest absolute Gasteiger partial charge is 0.242 e. The maximum Gasteiger partial charge on any atom is 0.242 e. The second-order valence-corrected chi connectivity index (χ2v) is 11.4. The average Bonchev–Trinajstić information content (AvgIpc) is 2.74. The first kappa shape index (κ1) is 28.2. The lowest BCUT2D eigenvalue weighted by Gasteiger charge is -2.32. The minimum absolute atomic E-state index is 0.0215. The fraction of sp³-hybridized carbons (Fsp3) is 0.440. The molecule has 2 aromatic rings. The van der Waals surface area contributed by atoms with Crippen LogP contribution in [0, 0.1) is 11.6 Å². The monoisotopic (exact) mass is 509 g/mol. The van der Waals surface area contributed by atoms with E-state index in [1.54, 1.807) is 19.1 Å². The lowest BCUT2D eigenvalue weighted by Crippen LogP contribution is -2.52. The fourth-order valence-corrected chi connectivity index (χ4v) is 4.44. The minimum Gasteiger partial charge on any atom is -0.350 e. The van der Waals surface area contributed by atoms with Gasteiger partial charge in [0.1, 0.15) is 17.7 Å². The highest BCUT2D eigenvalue weighted by Gasteiger charge is 2.29. The Morgan fingerprint density at radius 2 is 1.63 bits per heavy atom. The van der Waals surface area contributed by atoms with E-state index in [0.717, 1.165) is 22.7 Å². The summed E-state index contributed by atoms with van der Waals surface area (Å²) < 4.78 is 53.2. The van der Waals surface area contributed by atoms with Crippen LogP contribution in [0.15, 0.2) is 48.5 Å². The molecule has 192 valence electrons. The highest BCUT2D eigenvalue weighted by molar-refractivity contribution is 7.92. The van der Waals surface area contributed by atoms with Crippen molar-refractivity contribution in [2.24, 2.45) is 0 Å². The number of halogens is 2. The summed E-state index contributed by atoms with van der Waals surface area (Å²) in [5.41, 5.74) is 0.0197. The quantitative estimate of drug-likeness (QED) is 0.527. The lowest BCUT2D eigenvalue weighted by molar-refractivity contribution is -0.141. The van der Waals surface area contributed by atoms with Gasteiger partial charge in [-0.15, -0.1) is 0 Å². The minimum atomic E-state index is -3.68. The molecule has 0 radical (unpaired) electrons. The van der Waals surface area contributed by atoms with Crippen LogP contribution in [-0.2, 0) is 26.2 Å². The number of rotatable bonds is 10. The Bertz CT molecular complexity index is 1130. The number of sulfonamides is 1. The number of carbonyl (C=O) groups is 2. The van der Waals surface area contributed by atoms with Crippen molar-refractivity contribution in [2.45, 2.75) is 58.7 Å². The molecule has 10 heteroatoms. The number of benzene rings is 2. The number of amides is 2. The maximum absolute atomic E-state index is 14.3. The Morgan fingerprint density at radius 1 is 1.03 bits per heavy atom. The molecule has 1 unspecified atom stereocenters. The normalized spacial score (nSPS) is 12.7. The molecule has 0 spiro atoms. The molecule has 2 amide bonds. The number of hydrogen-bond donors (Lipinski definition) is 1. The summed E-state index contributed by atoms with van der Waals surface area (Å²) in [6.45, 7) is 6.88. The fourth-order valence-electron chi connectivity index (χ4n) is 3.48. The molecule has 0 aliphatic rings. The van der Waals surface area contributed by atoms with Crippen LogP contribution in [0.4, 0.5) is 14.5 Å². The zero-order chi connectivity index (χ0) is 26.4. The van der Waals surface area contributed by atoms with E-state index >= 15 is 0 Å². The van der Waals surface area contributed by atoms with Crippen LogP contribution in [0.2, 0.25) is 0 Å². The first-order valence-corrected chi connectivity index (χ1v) is 13.1. The van der Waals surface area contributed by atoms with Gasteiger partial charge in [-0.3, -0.25) is 13.9 Å². The molecule has 0 saturated carbocycles. The maximum atomic E-state index is 14.3. The van der Waals surface area contributed by atoms with E-state index in [2.05, 4.69) is 5.32 Å². The number of nitrogens with one attached hydrogen (secondary N) is 1. The molecule has 0 heterocycles. The van der Waals surface area contributed by atoms with E-state index in [0.29, 0.717) is 0 Å². The predicted octanol–water partition coefficient (Wildman–Crippen LogP) is 3.84. The molecule has 1 N–H and O–H groups in total. The van der Waals surface area contributed by atoms with E-state index in [-0.39, 0.29) is 43.1 Å². The standard InChI is InChI=1S/C25H33F2N3O4S/c1-18(24(32)28-25(2,3)4)29(17-19-9-6-7-10-22(19)27)23(31)11-8-16-30(35(5,33)34)21-14-12-20(26)13-15-21/h6-7,9-10,12-15,18H,8,11,16-17H2,1-5H3,(H,28,32). The first-order chi connectivity index (χ1) is 16.2. The largest absolute Gasteiger partial charge is 0.350 e. The van der Waals surface area contributed by atoms with Crippen molar-refractivity contribution < 1.29 is 26.8 Å². The third-order valence-electron chi connectivity index (χ3n) is 5.23. The Labute approximate surface area is 206 Å². The van der Waals surface area contributed by atoms with Gasteiger partial charge in [-0.25, -0.2) is 17.2 Å². The van der Waals surface area contributed by atoms with Gasteiger partial charge in [0.05, 0.1) is 11.9 Å². The average molecular weight is 510 g/mol. The Morgan fingerprint density at radius 3 is 2.17 bits per heavy atom. The zero-order valence-electron chi connectivity index (χ0n) is 20.7. The SMILES string of the molecule is CC(C(=O)NC(C)(C)C)N(Cc1ccccc1F)C(=O)CCCN(c1ccc(F)cc1)S(C)(=O)=O. The summed E-state index contributed by atoms with van der Waals surface area (Å²) in [5.74, 6) is -1.79. The predicted molar refractivity (Wildman–Crippen MR) is 132 cm³/mol. The first-order valence-electron chi connectivity index (χ1n) is 11.3. The summed E-state index contributed by atoms with van der Waals surface area (Å²) >= 11 is 0. The van der Waals surface area contributed by atoms with E-state index < -0.39 is 39.1 Å². The van der Waals surface area contributed by atoms with Crippen LogP contribution in [0.1, 0.15) is 46.1 Å². The summed E-state index contributed by atoms with van der Waals surface area (Å²) in [6, 6.07) is 10.1. The highest BCUT2D eigenvalue weighted by Crippen LogP contribution is 2.20. The highest BCUT2D eigenvalue weighted by atomic mass is 32.2. The van der Waals surface area contributed by atoms with Gasteiger partial charge >= 0.3 is 0 Å². The molecule has 1 atom stereocenters. The van der Waals surface area contributed by atoms with Crippen molar-refractivity contribution in [3.8, 4) is 0 Å². The molecule has 35 heavy (non-hydrogen) atoms. The van der Waals surface area contributed by atoms with Crippen molar-refractivity contribution in [1.29, 1.82) is 0 Å². The summed E-state index contributed by atoms with van der Waals surface area (Å²) in [4.78, 5) is 27.3. The number of anilines is 1. The second kappa shape index (κ2) is 11.6. The lowest BCUT2D eigenvalue weighted by atomic mass is 10.1. The molecule has 0 aliphatic carbocycles. The van der Waals surface area contributed by atoms with Crippen molar-refractivity contribution in [1.82, 2.24) is 10.2 Å². The van der Waals surface area contributed by atoms with Crippen molar-refractivity contribution in [3.05, 3.63) is 65.7 Å². The third-order valence-corrected chi connectivity index (χ3v) is 6.42. The second-order valence-electron chi connectivity index (χ2n) is 9.44. The van der Waals surface area contributed by atoms with E-state index in [1.165, 1.54) is 29.2 Å². The van der Waals surface area contributed by atoms with E-state index in [4.69, 9.17) is 0 Å². The number of nitrogens with zero attached hydrogens (tertiary/aromatic N) is 2. The van der Waals surface area contributed by atoms with Crippen LogP contribution in [0.5, 0.6) is 0 Å². The molecule has 0 fully saturated rings. The molecular formula is C25H33F2N3O4S. The van der Waals surface area contributed by atoms with Gasteiger partial charge in [-0.1, -0.05) is 18.2 Å². The molecular weight excluding hydrogens is 476 g/mol. The molecule has 0 saturated heterocycles. The third kappa shape index (κ3) is 8.61. The Hall–Kier alpha value is -3.01. The molecule has 7 nitrogen and oxygen atoms in total. The van der Waals surface area contributed by atoms with Gasteiger partial charge in [0.15, 0.2) is 0 Å². The summed E-state index contributed by atoms with van der Waals surface area (Å²) in [7, 11) is -3.68. The molecule has 2 aromatic carbocycles. The van der Waals surface area contributed by atoms with Crippen molar-refractivity contribution >= 4 is 27.5 Å². The van der Waals surface area contributed by atoms with Gasteiger partial charge in [-0.2, -0.15) is 0 Å². The van der Waals surface area contributed by atoms with Gasteiger partial charge in [0.2, 0.25) is 21.8 Å². The van der Waals surface area contributed by atoms with Crippen LogP contribution < -0.4 is 9.62 Å². The topological polar surface area (TPSA) is 86.8 Å². The zero-order valence-corrected chi connectivity index (χ0v) is 21.5. The van der Waals surface area contributed by atoms with Crippen molar-refractivity contribution in [3.63, 3.8) is 0 Å². The van der Waals surface area contributed by atoms with Crippen LogP contribution in [0.25, 0.3) is 0 Å². The number of carbonyl (C=O) groups excluding carboxylic acids is 2. The van der Waals surface area contributed by atoms with Gasteiger partial charge < -0.3 is 10.2 Å². The number of hydrogen-bond acceptors (Lipinski definition) is 4. The Kier molecular flexibility index (Phi) is 9.37. The molecule has 2 rings (SSSR count). The van der Waals surface area contributed by atoms with Gasteiger partial charge in [-0.05, 0) is 64.4 Å². The van der Waals surface area contributed by atoms with E-state index in [9.17, 15) is 26.8 Å². The van der Waals surface area contributed by atoms with Crippen molar-refractivity contribution in [2.75, 3.05) is 17.1 Å². The summed E-state index contributed by atoms with van der Waals surface area (Å²) in [6.07, 6.45) is 1.10. The van der Waals surface area contributed by atoms with Gasteiger partial charge in [0.25, 0.3) is 0 Å². The van der Waals surface area contributed by atoms with Crippen LogP contribution in [0.3, 0.4) is 0 Å². The van der Waals surface area contributed by atoms with Crippen LogP contribution in [-0.4, -0.2) is 49.5 Å². The van der Waals surface area contributed by atoms with Gasteiger partial charge in [0, 0.05) is 30.6 Å². The summed E-state index contributed by atoms with van der Waals surface area (Å²) in [5, 5.41) is 2.83. The van der Waals surface area contributed by atoms with Crippen LogP contribution >= 0.6 is 0 Å². The molecule has 0 aliphatic heterocycles. The molecule has 0 bridgehead atoms. The molecule has 0 aromatic heterocycles.